The van der Waals surface area contributed by atoms with Gasteiger partial charge in [0.1, 0.15) is 6.07 Å². The van der Waals surface area contributed by atoms with Crippen LogP contribution in [0.5, 0.6) is 0 Å². The largest absolute Gasteiger partial charge is 0.346 e. The Morgan fingerprint density at radius 1 is 1.12 bits per heavy atom. The summed E-state index contributed by atoms with van der Waals surface area (Å²) in [5, 5.41) is 16.9. The Kier molecular flexibility index (Phi) is 4.94. The molecule has 0 aliphatic carbocycles. The number of amides is 1. The van der Waals surface area contributed by atoms with Crippen LogP contribution in [0.15, 0.2) is 42.5 Å². The molecule has 2 aromatic rings. The topological polar surface area (TPSA) is 73.1 Å². The molecule has 0 bridgehead atoms. The zero-order valence-electron chi connectivity index (χ0n) is 14.5. The van der Waals surface area contributed by atoms with E-state index in [9.17, 15) is 4.79 Å². The third-order valence-electron chi connectivity index (χ3n) is 4.50. The lowest BCUT2D eigenvalue weighted by atomic mass is 10.1. The van der Waals surface area contributed by atoms with Gasteiger partial charge in [0.05, 0.1) is 6.42 Å². The van der Waals surface area contributed by atoms with Gasteiger partial charge in [-0.2, -0.15) is 5.26 Å². The Bertz CT molecular complexity index is 757. The summed E-state index contributed by atoms with van der Waals surface area (Å²) in [6, 6.07) is 15.6. The van der Waals surface area contributed by atoms with Gasteiger partial charge >= 0.3 is 0 Å². The van der Waals surface area contributed by atoms with Crippen molar-refractivity contribution < 1.29 is 4.79 Å². The van der Waals surface area contributed by atoms with Gasteiger partial charge in [-0.05, 0) is 31.5 Å². The fourth-order valence-corrected chi connectivity index (χ4v) is 3.38. The minimum Gasteiger partial charge on any atom is -0.346 e. The Labute approximate surface area is 147 Å². The van der Waals surface area contributed by atoms with E-state index in [1.807, 2.05) is 47.4 Å². The average molecular weight is 335 g/mol. The summed E-state index contributed by atoms with van der Waals surface area (Å²) in [7, 11) is 0. The predicted molar refractivity (Wildman–Crippen MR) is 94.9 cm³/mol. The second kappa shape index (κ2) is 7.31. The minimum atomic E-state index is 0.130. The number of nitrogens with zero attached hydrogens (tertiary/aromatic N) is 5. The van der Waals surface area contributed by atoms with Crippen molar-refractivity contribution in [3.63, 3.8) is 0 Å². The Morgan fingerprint density at radius 2 is 1.80 bits per heavy atom. The van der Waals surface area contributed by atoms with E-state index in [1.165, 1.54) is 0 Å². The van der Waals surface area contributed by atoms with Crippen LogP contribution >= 0.6 is 0 Å². The summed E-state index contributed by atoms with van der Waals surface area (Å²) in [4.78, 5) is 16.7. The van der Waals surface area contributed by atoms with Crippen LogP contribution in [0.3, 0.4) is 0 Å². The Balaban J connectivity index is 1.69. The molecule has 128 valence electrons. The van der Waals surface area contributed by atoms with Crippen LogP contribution in [0.4, 0.5) is 5.82 Å². The highest BCUT2D eigenvalue weighted by Crippen LogP contribution is 2.23. The molecular formula is C19H21N5O. The number of hydrogen-bond donors (Lipinski definition) is 0. The molecule has 25 heavy (non-hydrogen) atoms. The molecule has 0 N–H and O–H groups in total. The first-order valence-corrected chi connectivity index (χ1v) is 8.42. The third kappa shape index (κ3) is 3.77. The maximum atomic E-state index is 12.6. The number of benzene rings is 1. The van der Waals surface area contributed by atoms with E-state index < -0.39 is 0 Å². The van der Waals surface area contributed by atoms with E-state index in [1.54, 1.807) is 6.07 Å². The highest BCUT2D eigenvalue weighted by molar-refractivity contribution is 5.79. The summed E-state index contributed by atoms with van der Waals surface area (Å²) in [6.45, 7) is 5.46. The van der Waals surface area contributed by atoms with E-state index in [0.717, 1.165) is 11.4 Å². The van der Waals surface area contributed by atoms with Crippen molar-refractivity contribution in [2.45, 2.75) is 32.4 Å². The van der Waals surface area contributed by atoms with Gasteiger partial charge in [-0.25, -0.2) is 0 Å². The maximum absolute atomic E-state index is 12.6. The maximum Gasteiger partial charge on any atom is 0.227 e. The smallest absolute Gasteiger partial charge is 0.227 e. The van der Waals surface area contributed by atoms with Crippen molar-refractivity contribution in [1.29, 1.82) is 5.26 Å². The molecule has 0 spiro atoms. The van der Waals surface area contributed by atoms with Crippen LogP contribution < -0.4 is 4.90 Å². The number of nitriles is 1. The number of anilines is 1. The number of hydrogen-bond acceptors (Lipinski definition) is 5. The monoisotopic (exact) mass is 335 g/mol. The fraction of sp³-hybridized carbons (Fsp3) is 0.368. The fourth-order valence-electron chi connectivity index (χ4n) is 3.38. The lowest BCUT2D eigenvalue weighted by Crippen LogP contribution is -2.58. The first-order chi connectivity index (χ1) is 12.1. The molecular weight excluding hydrogens is 314 g/mol. The molecule has 2 atom stereocenters. The number of carbonyl (C=O) groups excluding carboxylic acids is 1. The average Bonchev–Trinajstić information content (AvgIpc) is 2.62. The van der Waals surface area contributed by atoms with Crippen molar-refractivity contribution in [3.05, 3.63) is 53.7 Å². The van der Waals surface area contributed by atoms with Crippen molar-refractivity contribution in [3.8, 4) is 6.07 Å². The number of aromatic nitrogens is 2. The van der Waals surface area contributed by atoms with Crippen LogP contribution in [0.1, 0.15) is 25.1 Å². The standard InChI is InChI=1S/C19H21N5O/c1-14-12-23(19(25)10-16-6-4-3-5-7-16)13-15(2)24(14)18-9-8-17(11-20)21-22-18/h3-9,14-15H,10,12-13H2,1-2H3. The lowest BCUT2D eigenvalue weighted by molar-refractivity contribution is -0.131. The molecule has 1 aromatic heterocycles. The first-order valence-electron chi connectivity index (χ1n) is 8.42. The molecule has 1 aliphatic rings. The molecule has 6 heteroatoms. The molecule has 3 rings (SSSR count). The van der Waals surface area contributed by atoms with Gasteiger partial charge < -0.3 is 9.80 Å². The van der Waals surface area contributed by atoms with Crippen molar-refractivity contribution in [2.75, 3.05) is 18.0 Å². The SMILES string of the molecule is CC1CN(C(=O)Cc2ccccc2)CC(C)N1c1ccc(C#N)nn1. The van der Waals surface area contributed by atoms with E-state index in [2.05, 4.69) is 28.9 Å². The van der Waals surface area contributed by atoms with E-state index in [0.29, 0.717) is 25.2 Å². The van der Waals surface area contributed by atoms with Gasteiger partial charge in [-0.1, -0.05) is 30.3 Å². The Hall–Kier alpha value is -2.94. The molecule has 0 saturated carbocycles. The normalized spacial score (nSPS) is 20.2. The molecule has 6 nitrogen and oxygen atoms in total. The molecule has 1 amide bonds. The van der Waals surface area contributed by atoms with Gasteiger partial charge in [0.25, 0.3) is 0 Å². The van der Waals surface area contributed by atoms with E-state index in [-0.39, 0.29) is 18.0 Å². The van der Waals surface area contributed by atoms with Gasteiger partial charge in [0.15, 0.2) is 11.5 Å². The zero-order chi connectivity index (χ0) is 17.8. The molecule has 2 unspecified atom stereocenters. The number of carbonyl (C=O) groups is 1. The van der Waals surface area contributed by atoms with E-state index in [4.69, 9.17) is 5.26 Å². The van der Waals surface area contributed by atoms with Gasteiger partial charge in [-0.15, -0.1) is 10.2 Å². The van der Waals surface area contributed by atoms with Crippen LogP contribution in [0.2, 0.25) is 0 Å². The lowest BCUT2D eigenvalue weighted by Gasteiger charge is -2.45. The van der Waals surface area contributed by atoms with Gasteiger partial charge in [0.2, 0.25) is 5.91 Å². The minimum absolute atomic E-state index is 0.130. The predicted octanol–water partition coefficient (Wildman–Crippen LogP) is 2.02. The molecule has 1 saturated heterocycles. The molecule has 1 aliphatic heterocycles. The van der Waals surface area contributed by atoms with Crippen molar-refractivity contribution in [1.82, 2.24) is 15.1 Å². The summed E-state index contributed by atoms with van der Waals surface area (Å²) >= 11 is 0. The van der Waals surface area contributed by atoms with Gasteiger partial charge in [0, 0.05) is 25.2 Å². The molecule has 2 heterocycles. The summed E-state index contributed by atoms with van der Waals surface area (Å²) in [5.74, 6) is 0.893. The molecule has 1 aromatic carbocycles. The van der Waals surface area contributed by atoms with Crippen LogP contribution in [-0.2, 0) is 11.2 Å². The highest BCUT2D eigenvalue weighted by atomic mass is 16.2. The summed E-state index contributed by atoms with van der Waals surface area (Å²) in [5.41, 5.74) is 1.34. The summed E-state index contributed by atoms with van der Waals surface area (Å²) in [6.07, 6.45) is 0.428. The van der Waals surface area contributed by atoms with Crippen LogP contribution in [0.25, 0.3) is 0 Å². The van der Waals surface area contributed by atoms with E-state index >= 15 is 0 Å². The number of piperazine rings is 1. The van der Waals surface area contributed by atoms with Crippen molar-refractivity contribution >= 4 is 11.7 Å². The first kappa shape index (κ1) is 16.9. The quantitative estimate of drug-likeness (QED) is 0.858. The highest BCUT2D eigenvalue weighted by Gasteiger charge is 2.32. The third-order valence-corrected chi connectivity index (χ3v) is 4.50. The molecule has 0 radical (unpaired) electrons. The van der Waals surface area contributed by atoms with Crippen LogP contribution in [-0.4, -0.2) is 46.2 Å². The Morgan fingerprint density at radius 3 is 2.36 bits per heavy atom. The number of rotatable bonds is 3. The van der Waals surface area contributed by atoms with Gasteiger partial charge in [-0.3, -0.25) is 4.79 Å². The van der Waals surface area contributed by atoms with Crippen molar-refractivity contribution in [2.24, 2.45) is 0 Å². The second-order valence-corrected chi connectivity index (χ2v) is 6.45. The second-order valence-electron chi connectivity index (χ2n) is 6.45. The molecule has 1 fully saturated rings. The summed E-state index contributed by atoms with van der Waals surface area (Å²) < 4.78 is 0. The van der Waals surface area contributed by atoms with Crippen LogP contribution in [0, 0.1) is 11.3 Å². The zero-order valence-corrected chi connectivity index (χ0v) is 14.5.